The van der Waals surface area contributed by atoms with Crippen molar-refractivity contribution in [2.24, 2.45) is 0 Å². The maximum absolute atomic E-state index is 12.3. The summed E-state index contributed by atoms with van der Waals surface area (Å²) in [6.45, 7) is 1.81. The van der Waals surface area contributed by atoms with Crippen LogP contribution in [-0.4, -0.2) is 38.7 Å². The molecule has 0 aliphatic heterocycles. The fraction of sp³-hybridized carbons (Fsp3) is 0.100. The summed E-state index contributed by atoms with van der Waals surface area (Å²) < 4.78 is 5.03. The van der Waals surface area contributed by atoms with Crippen molar-refractivity contribution in [1.82, 2.24) is 9.97 Å². The van der Waals surface area contributed by atoms with E-state index in [-0.39, 0.29) is 35.0 Å². The number of hydrogen-bond acceptors (Lipinski definition) is 7. The smallest absolute Gasteiger partial charge is 0.343 e. The second-order valence-corrected chi connectivity index (χ2v) is 6.28. The highest BCUT2D eigenvalue weighted by Gasteiger charge is 2.18. The van der Waals surface area contributed by atoms with Gasteiger partial charge in [0.25, 0.3) is 0 Å². The van der Waals surface area contributed by atoms with E-state index in [1.165, 1.54) is 24.4 Å². The lowest BCUT2D eigenvalue weighted by Gasteiger charge is -2.13. The summed E-state index contributed by atoms with van der Waals surface area (Å²) in [6, 6.07) is 10.5. The molecule has 0 saturated carbocycles. The van der Waals surface area contributed by atoms with Crippen LogP contribution in [0.3, 0.4) is 0 Å². The van der Waals surface area contributed by atoms with Gasteiger partial charge in [0.2, 0.25) is 0 Å². The second-order valence-electron chi connectivity index (χ2n) is 5.85. The van der Waals surface area contributed by atoms with E-state index in [2.05, 4.69) is 15.3 Å². The van der Waals surface area contributed by atoms with Crippen molar-refractivity contribution in [1.29, 1.82) is 0 Å². The number of carbonyl (C=O) groups excluding carboxylic acids is 1. The molecule has 0 saturated heterocycles. The number of anilines is 2. The zero-order valence-electron chi connectivity index (χ0n) is 15.2. The van der Waals surface area contributed by atoms with E-state index in [4.69, 9.17) is 16.3 Å². The number of phenols is 1. The number of esters is 1. The molecule has 3 rings (SSSR count). The number of ether oxygens (including phenoxy) is 1. The van der Waals surface area contributed by atoms with E-state index in [0.29, 0.717) is 16.4 Å². The molecule has 1 heterocycles. The van der Waals surface area contributed by atoms with Gasteiger partial charge in [0.15, 0.2) is 5.82 Å². The monoisotopic (exact) mass is 413 g/mol. The number of halogens is 1. The summed E-state index contributed by atoms with van der Waals surface area (Å²) in [5.41, 5.74) is 0.701. The minimum absolute atomic E-state index is 0.0321. The summed E-state index contributed by atoms with van der Waals surface area (Å²) >= 11 is 5.91. The predicted molar refractivity (Wildman–Crippen MR) is 107 cm³/mol. The van der Waals surface area contributed by atoms with Crippen LogP contribution in [0.4, 0.5) is 11.5 Å². The Bertz CT molecular complexity index is 1070. The summed E-state index contributed by atoms with van der Waals surface area (Å²) in [7, 11) is 0. The van der Waals surface area contributed by atoms with Crippen LogP contribution in [0.5, 0.6) is 5.75 Å². The molecule has 2 aromatic carbocycles. The number of carbonyl (C=O) groups is 2. The Morgan fingerprint density at radius 1 is 1.17 bits per heavy atom. The lowest BCUT2D eigenvalue weighted by molar-refractivity contribution is 0.0526. The van der Waals surface area contributed by atoms with Gasteiger partial charge in [0, 0.05) is 16.8 Å². The number of hydrogen-bond donors (Lipinski definition) is 3. The van der Waals surface area contributed by atoms with Crippen molar-refractivity contribution in [3.8, 4) is 17.1 Å². The average molecular weight is 414 g/mol. The van der Waals surface area contributed by atoms with Crippen molar-refractivity contribution >= 4 is 35.0 Å². The maximum atomic E-state index is 12.3. The summed E-state index contributed by atoms with van der Waals surface area (Å²) in [5.74, 6) is -1.68. The van der Waals surface area contributed by atoms with Gasteiger partial charge in [0.1, 0.15) is 17.1 Å². The van der Waals surface area contributed by atoms with Gasteiger partial charge in [-0.25, -0.2) is 19.6 Å². The van der Waals surface area contributed by atoms with Crippen LogP contribution in [0, 0.1) is 0 Å². The Morgan fingerprint density at radius 2 is 1.90 bits per heavy atom. The van der Waals surface area contributed by atoms with Gasteiger partial charge in [0.05, 0.1) is 17.9 Å². The fourth-order valence-corrected chi connectivity index (χ4v) is 2.60. The molecule has 29 heavy (non-hydrogen) atoms. The molecule has 0 spiro atoms. The van der Waals surface area contributed by atoms with Gasteiger partial charge in [-0.05, 0) is 49.4 Å². The molecule has 0 bridgehead atoms. The fourth-order valence-electron chi connectivity index (χ4n) is 2.47. The van der Waals surface area contributed by atoms with E-state index in [1.54, 1.807) is 31.2 Å². The molecule has 3 N–H and O–H groups in total. The van der Waals surface area contributed by atoms with Gasteiger partial charge in [-0.3, -0.25) is 0 Å². The van der Waals surface area contributed by atoms with E-state index in [9.17, 15) is 19.8 Å². The lowest BCUT2D eigenvalue weighted by atomic mass is 10.1. The number of aromatic carboxylic acids is 1. The second kappa shape index (κ2) is 8.57. The van der Waals surface area contributed by atoms with Crippen LogP contribution in [-0.2, 0) is 4.74 Å². The van der Waals surface area contributed by atoms with E-state index >= 15 is 0 Å². The molecule has 3 aromatic rings. The highest BCUT2D eigenvalue weighted by Crippen LogP contribution is 2.30. The number of phenolic OH excluding ortho intramolecular Hbond substituents is 1. The SMILES string of the molecule is CCOC(=O)c1cnc(-c2ccc(Cl)cc2)nc1Nc1cc(C(=O)O)ccc1O. The number of carboxylic acid groups (broad SMARTS) is 1. The van der Waals surface area contributed by atoms with E-state index in [0.717, 1.165) is 0 Å². The largest absolute Gasteiger partial charge is 0.506 e. The van der Waals surface area contributed by atoms with Crippen LogP contribution in [0.25, 0.3) is 11.4 Å². The predicted octanol–water partition coefficient (Wildman–Crippen LogP) is 4.12. The molecule has 0 atom stereocenters. The number of aromatic hydroxyl groups is 1. The number of carboxylic acids is 1. The molecule has 0 aliphatic carbocycles. The van der Waals surface area contributed by atoms with Gasteiger partial charge in [-0.15, -0.1) is 0 Å². The first-order chi connectivity index (χ1) is 13.9. The van der Waals surface area contributed by atoms with Crippen molar-refractivity contribution < 1.29 is 24.5 Å². The molecule has 0 unspecified atom stereocenters. The topological polar surface area (TPSA) is 122 Å². The number of aromatic nitrogens is 2. The molecule has 0 aliphatic rings. The third kappa shape index (κ3) is 4.61. The molecule has 0 radical (unpaired) electrons. The molecule has 148 valence electrons. The van der Waals surface area contributed by atoms with Gasteiger partial charge in [-0.1, -0.05) is 11.6 Å². The minimum atomic E-state index is -1.16. The molecule has 0 fully saturated rings. The highest BCUT2D eigenvalue weighted by molar-refractivity contribution is 6.30. The van der Waals surface area contributed by atoms with Gasteiger partial charge >= 0.3 is 11.9 Å². The van der Waals surface area contributed by atoms with Crippen LogP contribution < -0.4 is 5.32 Å². The van der Waals surface area contributed by atoms with Crippen LogP contribution in [0.1, 0.15) is 27.6 Å². The molecule has 8 nitrogen and oxygen atoms in total. The summed E-state index contributed by atoms with van der Waals surface area (Å²) in [5, 5.41) is 22.6. The maximum Gasteiger partial charge on any atom is 0.343 e. The Kier molecular flexibility index (Phi) is 5.94. The Balaban J connectivity index is 2.07. The van der Waals surface area contributed by atoms with Gasteiger partial charge < -0.3 is 20.3 Å². The average Bonchev–Trinajstić information content (AvgIpc) is 2.70. The molecular formula is C20H16ClN3O5. The number of nitrogens with zero attached hydrogens (tertiary/aromatic N) is 2. The third-order valence-electron chi connectivity index (χ3n) is 3.88. The molecule has 0 amide bonds. The third-order valence-corrected chi connectivity index (χ3v) is 4.14. The first-order valence-electron chi connectivity index (χ1n) is 8.52. The number of nitrogens with one attached hydrogen (secondary N) is 1. The van der Waals surface area contributed by atoms with Crippen molar-refractivity contribution in [2.45, 2.75) is 6.92 Å². The highest BCUT2D eigenvalue weighted by atomic mass is 35.5. The normalized spacial score (nSPS) is 10.4. The Morgan fingerprint density at radius 3 is 2.55 bits per heavy atom. The first-order valence-corrected chi connectivity index (χ1v) is 8.90. The van der Waals surface area contributed by atoms with Crippen LogP contribution >= 0.6 is 11.6 Å². The van der Waals surface area contributed by atoms with Crippen LogP contribution in [0.15, 0.2) is 48.7 Å². The summed E-state index contributed by atoms with van der Waals surface area (Å²) in [6.07, 6.45) is 1.30. The minimum Gasteiger partial charge on any atom is -0.506 e. The zero-order valence-corrected chi connectivity index (χ0v) is 16.0. The number of rotatable bonds is 6. The Labute approximate surface area is 170 Å². The first kappa shape index (κ1) is 20.1. The van der Waals surface area contributed by atoms with Crippen molar-refractivity contribution in [3.05, 3.63) is 64.8 Å². The van der Waals surface area contributed by atoms with E-state index < -0.39 is 11.9 Å². The summed E-state index contributed by atoms with van der Waals surface area (Å²) in [4.78, 5) is 32.1. The molecule has 9 heteroatoms. The number of benzene rings is 2. The molecule has 1 aromatic heterocycles. The standard InChI is InChI=1S/C20H16ClN3O5/c1-2-29-20(28)14-10-22-17(11-3-6-13(21)7-4-11)24-18(14)23-15-9-12(19(26)27)5-8-16(15)25/h3-10,25H,2H2,1H3,(H,26,27)(H,22,23,24). The lowest BCUT2D eigenvalue weighted by Crippen LogP contribution is -2.11. The van der Waals surface area contributed by atoms with Crippen LogP contribution in [0.2, 0.25) is 5.02 Å². The zero-order chi connectivity index (χ0) is 21.0. The molecular weight excluding hydrogens is 398 g/mol. The van der Waals surface area contributed by atoms with E-state index in [1.807, 2.05) is 0 Å². The quantitative estimate of drug-likeness (QED) is 0.407. The van der Waals surface area contributed by atoms with Crippen molar-refractivity contribution in [2.75, 3.05) is 11.9 Å². The van der Waals surface area contributed by atoms with Gasteiger partial charge in [-0.2, -0.15) is 0 Å². The van der Waals surface area contributed by atoms with Crippen molar-refractivity contribution in [3.63, 3.8) is 0 Å². The Hall–Kier alpha value is -3.65.